The molecule has 0 bridgehead atoms. The predicted octanol–water partition coefficient (Wildman–Crippen LogP) is 3.19. The van der Waals surface area contributed by atoms with Gasteiger partial charge in [-0.15, -0.1) is 5.10 Å². The van der Waals surface area contributed by atoms with Gasteiger partial charge >= 0.3 is 6.09 Å². The van der Waals surface area contributed by atoms with E-state index in [0.717, 1.165) is 16.7 Å². The third-order valence-corrected chi connectivity index (χ3v) is 6.60. The molecule has 3 N–H and O–H groups in total. The molecule has 0 aliphatic rings. The normalized spacial score (nSPS) is 12.0. The number of hydrogen-bond acceptors (Lipinski definition) is 5. The monoisotopic (exact) mass is 443 g/mol. The first-order valence-corrected chi connectivity index (χ1v) is 11.2. The number of rotatable bonds is 8. The van der Waals surface area contributed by atoms with Crippen molar-refractivity contribution < 1.29 is 18.3 Å². The van der Waals surface area contributed by atoms with Crippen LogP contribution in [0.15, 0.2) is 59.6 Å². The summed E-state index contributed by atoms with van der Waals surface area (Å²) in [4.78, 5) is 12.7. The number of carboxylic acid groups (broad SMARTS) is 1. The predicted molar refractivity (Wildman–Crippen MR) is 116 cm³/mol. The molecule has 0 aliphatic carbocycles. The van der Waals surface area contributed by atoms with Gasteiger partial charge in [0, 0.05) is 13.1 Å². The lowest BCUT2D eigenvalue weighted by Gasteiger charge is -2.24. The second-order valence-corrected chi connectivity index (χ2v) is 9.30. The molecule has 0 saturated heterocycles. The number of amides is 1. The van der Waals surface area contributed by atoms with Crippen LogP contribution in [-0.2, 0) is 22.1 Å². The average Bonchev–Trinajstić information content (AvgIpc) is 3.27. The Labute approximate surface area is 181 Å². The Bertz CT molecular complexity index is 1140. The van der Waals surface area contributed by atoms with E-state index >= 15 is 0 Å². The van der Waals surface area contributed by atoms with Crippen LogP contribution in [0.5, 0.6) is 0 Å². The van der Waals surface area contributed by atoms with Crippen LogP contribution in [0.3, 0.4) is 0 Å². The molecular weight excluding hydrogens is 418 g/mol. The fourth-order valence-electron chi connectivity index (χ4n) is 3.16. The van der Waals surface area contributed by atoms with Gasteiger partial charge in [-0.1, -0.05) is 35.5 Å². The Hall–Kier alpha value is -3.24. The molecule has 1 heterocycles. The van der Waals surface area contributed by atoms with E-state index < -0.39 is 21.7 Å². The standard InChI is InChI=1S/C21H25N5O4S/c1-4-26(20(27)28)14-15-6-5-7-17(12-15)16-8-10-18(11-9-16)31(29,30)24-21(2,3)19-13-22-25-23-19/h5-13,24H,4,14H2,1-3H3,(H,27,28)(H,22,23,25). The zero-order valence-electron chi connectivity index (χ0n) is 17.5. The van der Waals surface area contributed by atoms with Crippen LogP contribution in [0.4, 0.5) is 4.79 Å². The fraction of sp³-hybridized carbons (Fsp3) is 0.286. The number of aromatic nitrogens is 3. The molecule has 3 rings (SSSR count). The SMILES string of the molecule is CCN(Cc1cccc(-c2ccc(S(=O)(=O)NC(C)(C)c3cnn[nH]3)cc2)c1)C(=O)O. The van der Waals surface area contributed by atoms with Crippen LogP contribution in [0.2, 0.25) is 0 Å². The Morgan fingerprint density at radius 1 is 1.16 bits per heavy atom. The molecule has 0 unspecified atom stereocenters. The Balaban J connectivity index is 1.80. The van der Waals surface area contributed by atoms with Crippen LogP contribution in [0, 0.1) is 0 Å². The van der Waals surface area contributed by atoms with E-state index in [4.69, 9.17) is 0 Å². The van der Waals surface area contributed by atoms with Crippen molar-refractivity contribution in [2.45, 2.75) is 37.8 Å². The summed E-state index contributed by atoms with van der Waals surface area (Å²) < 4.78 is 28.3. The quantitative estimate of drug-likeness (QED) is 0.490. The van der Waals surface area contributed by atoms with Gasteiger partial charge < -0.3 is 10.0 Å². The molecule has 1 amide bonds. The number of carbonyl (C=O) groups is 1. The minimum Gasteiger partial charge on any atom is -0.465 e. The van der Waals surface area contributed by atoms with E-state index in [1.165, 1.54) is 11.1 Å². The minimum atomic E-state index is -3.78. The van der Waals surface area contributed by atoms with Gasteiger partial charge in [0.1, 0.15) is 0 Å². The zero-order valence-corrected chi connectivity index (χ0v) is 18.3. The summed E-state index contributed by atoms with van der Waals surface area (Å²) in [5, 5.41) is 19.2. The number of nitrogens with one attached hydrogen (secondary N) is 2. The highest BCUT2D eigenvalue weighted by molar-refractivity contribution is 7.89. The van der Waals surface area contributed by atoms with Crippen LogP contribution in [-0.4, -0.2) is 46.5 Å². The molecule has 0 fully saturated rings. The molecule has 164 valence electrons. The van der Waals surface area contributed by atoms with E-state index in [0.29, 0.717) is 12.2 Å². The van der Waals surface area contributed by atoms with Crippen molar-refractivity contribution in [2.75, 3.05) is 6.54 Å². The van der Waals surface area contributed by atoms with Gasteiger partial charge in [0.25, 0.3) is 0 Å². The molecule has 1 aromatic heterocycles. The second kappa shape index (κ2) is 8.86. The van der Waals surface area contributed by atoms with Gasteiger partial charge in [-0.2, -0.15) is 4.72 Å². The number of benzene rings is 2. The van der Waals surface area contributed by atoms with Crippen molar-refractivity contribution in [2.24, 2.45) is 0 Å². The molecule has 2 aromatic carbocycles. The molecule has 0 aliphatic heterocycles. The van der Waals surface area contributed by atoms with Crippen molar-refractivity contribution in [3.05, 3.63) is 66.0 Å². The van der Waals surface area contributed by atoms with Gasteiger partial charge in [0.05, 0.1) is 22.3 Å². The number of H-pyrrole nitrogens is 1. The summed E-state index contributed by atoms with van der Waals surface area (Å²) in [6, 6.07) is 14.1. The first-order chi connectivity index (χ1) is 14.6. The van der Waals surface area contributed by atoms with Crippen LogP contribution < -0.4 is 4.72 Å². The Kier molecular flexibility index (Phi) is 6.42. The molecule has 31 heavy (non-hydrogen) atoms. The average molecular weight is 444 g/mol. The molecule has 3 aromatic rings. The molecule has 10 heteroatoms. The highest BCUT2D eigenvalue weighted by atomic mass is 32.2. The van der Waals surface area contributed by atoms with Crippen molar-refractivity contribution in [3.63, 3.8) is 0 Å². The molecule has 0 saturated carbocycles. The van der Waals surface area contributed by atoms with E-state index in [1.807, 2.05) is 24.3 Å². The Morgan fingerprint density at radius 2 is 1.87 bits per heavy atom. The smallest absolute Gasteiger partial charge is 0.407 e. The number of aromatic amines is 1. The van der Waals surface area contributed by atoms with E-state index in [1.54, 1.807) is 45.0 Å². The molecule has 0 atom stereocenters. The first kappa shape index (κ1) is 22.4. The fourth-order valence-corrected chi connectivity index (χ4v) is 4.55. The van der Waals surface area contributed by atoms with Crippen molar-refractivity contribution in [1.29, 1.82) is 0 Å². The highest BCUT2D eigenvalue weighted by Gasteiger charge is 2.29. The summed E-state index contributed by atoms with van der Waals surface area (Å²) in [5.41, 5.74) is 2.20. The molecule has 0 spiro atoms. The molecule has 0 radical (unpaired) electrons. The van der Waals surface area contributed by atoms with Crippen LogP contribution >= 0.6 is 0 Å². The maximum atomic E-state index is 12.8. The van der Waals surface area contributed by atoms with E-state index in [-0.39, 0.29) is 11.4 Å². The van der Waals surface area contributed by atoms with Gasteiger partial charge in [-0.25, -0.2) is 13.2 Å². The maximum absolute atomic E-state index is 12.8. The summed E-state index contributed by atoms with van der Waals surface area (Å²) in [6.07, 6.45) is 0.506. The molecular formula is C21H25N5O4S. The van der Waals surface area contributed by atoms with Crippen LogP contribution in [0.1, 0.15) is 32.0 Å². The zero-order chi connectivity index (χ0) is 22.6. The number of hydrogen-bond donors (Lipinski definition) is 3. The Morgan fingerprint density at radius 3 is 2.45 bits per heavy atom. The summed E-state index contributed by atoms with van der Waals surface area (Å²) in [5.74, 6) is 0. The summed E-state index contributed by atoms with van der Waals surface area (Å²) in [6.45, 7) is 5.90. The van der Waals surface area contributed by atoms with Gasteiger partial charge in [-0.05, 0) is 55.7 Å². The van der Waals surface area contributed by atoms with Gasteiger partial charge in [-0.3, -0.25) is 5.10 Å². The highest BCUT2D eigenvalue weighted by Crippen LogP contribution is 2.25. The van der Waals surface area contributed by atoms with Crippen molar-refractivity contribution in [1.82, 2.24) is 25.0 Å². The van der Waals surface area contributed by atoms with E-state index in [2.05, 4.69) is 20.1 Å². The first-order valence-electron chi connectivity index (χ1n) is 9.70. The lowest BCUT2D eigenvalue weighted by Crippen LogP contribution is -2.41. The van der Waals surface area contributed by atoms with E-state index in [9.17, 15) is 18.3 Å². The second-order valence-electron chi connectivity index (χ2n) is 7.62. The van der Waals surface area contributed by atoms with Crippen molar-refractivity contribution >= 4 is 16.1 Å². The number of sulfonamides is 1. The van der Waals surface area contributed by atoms with Crippen molar-refractivity contribution in [3.8, 4) is 11.1 Å². The van der Waals surface area contributed by atoms with Crippen LogP contribution in [0.25, 0.3) is 11.1 Å². The third-order valence-electron chi connectivity index (χ3n) is 4.93. The topological polar surface area (TPSA) is 128 Å². The lowest BCUT2D eigenvalue weighted by molar-refractivity contribution is 0.145. The maximum Gasteiger partial charge on any atom is 0.407 e. The van der Waals surface area contributed by atoms with Gasteiger partial charge in [0.2, 0.25) is 10.0 Å². The minimum absolute atomic E-state index is 0.135. The third kappa shape index (κ3) is 5.28. The molecule has 9 nitrogen and oxygen atoms in total. The lowest BCUT2D eigenvalue weighted by atomic mass is 10.0. The largest absolute Gasteiger partial charge is 0.465 e. The van der Waals surface area contributed by atoms with Gasteiger partial charge in [0.15, 0.2) is 0 Å². The summed E-state index contributed by atoms with van der Waals surface area (Å²) in [7, 11) is -3.78. The number of nitrogens with zero attached hydrogens (tertiary/aromatic N) is 3. The summed E-state index contributed by atoms with van der Waals surface area (Å²) >= 11 is 0.